The predicted molar refractivity (Wildman–Crippen MR) is 82.5 cm³/mol. The maximum atomic E-state index is 11.4. The molecule has 1 N–H and O–H groups in total. The number of hydrogen-bond donors (Lipinski definition) is 1. The van der Waals surface area contributed by atoms with Crippen LogP contribution in [-0.2, 0) is 21.1 Å². The molecule has 0 radical (unpaired) electrons. The molecule has 1 aromatic rings. The van der Waals surface area contributed by atoms with Crippen LogP contribution in [0.25, 0.3) is 0 Å². The molecule has 1 aromatic carbocycles. The SMILES string of the molecule is CCS(=O)(=O)CCCC(Cc1ccc(Br)cc1)C(=O)O. The highest BCUT2D eigenvalue weighted by Crippen LogP contribution is 2.18. The number of sulfone groups is 1. The molecule has 0 bridgehead atoms. The highest BCUT2D eigenvalue weighted by atomic mass is 79.9. The van der Waals surface area contributed by atoms with Crippen molar-refractivity contribution >= 4 is 31.7 Å². The van der Waals surface area contributed by atoms with E-state index < -0.39 is 21.7 Å². The molecule has 0 spiro atoms. The molecule has 4 nitrogen and oxygen atoms in total. The summed E-state index contributed by atoms with van der Waals surface area (Å²) in [5.41, 5.74) is 0.943. The highest BCUT2D eigenvalue weighted by Gasteiger charge is 2.19. The smallest absolute Gasteiger partial charge is 0.306 e. The van der Waals surface area contributed by atoms with E-state index in [2.05, 4.69) is 15.9 Å². The van der Waals surface area contributed by atoms with Crippen LogP contribution in [0, 0.1) is 5.92 Å². The fourth-order valence-corrected chi connectivity index (χ4v) is 3.07. The Hall–Kier alpha value is -0.880. The molecule has 0 amide bonds. The molecular formula is C14H19BrO4S. The van der Waals surface area contributed by atoms with Crippen molar-refractivity contribution in [2.45, 2.75) is 26.2 Å². The molecule has 0 saturated carbocycles. The molecule has 0 aliphatic rings. The first-order valence-corrected chi connectivity index (χ1v) is 9.13. The number of benzene rings is 1. The van der Waals surface area contributed by atoms with E-state index in [-0.39, 0.29) is 11.5 Å². The Labute approximate surface area is 128 Å². The molecule has 1 unspecified atom stereocenters. The molecule has 1 rings (SSSR count). The minimum atomic E-state index is -3.02. The third kappa shape index (κ3) is 6.05. The minimum Gasteiger partial charge on any atom is -0.481 e. The zero-order valence-corrected chi connectivity index (χ0v) is 13.8. The van der Waals surface area contributed by atoms with Crippen molar-refractivity contribution in [1.82, 2.24) is 0 Å². The standard InChI is InChI=1S/C14H19BrO4S/c1-2-20(18,19)9-3-4-12(14(16)17)10-11-5-7-13(15)8-6-11/h5-8,12H,2-4,9-10H2,1H3,(H,16,17). The number of hydrogen-bond acceptors (Lipinski definition) is 3. The molecular weight excluding hydrogens is 344 g/mol. The summed E-state index contributed by atoms with van der Waals surface area (Å²) in [6, 6.07) is 7.50. The second-order valence-corrected chi connectivity index (χ2v) is 8.13. The van der Waals surface area contributed by atoms with E-state index in [4.69, 9.17) is 0 Å². The van der Waals surface area contributed by atoms with Crippen LogP contribution < -0.4 is 0 Å². The number of carbonyl (C=O) groups is 1. The van der Waals surface area contributed by atoms with Gasteiger partial charge in [0, 0.05) is 10.2 Å². The zero-order valence-electron chi connectivity index (χ0n) is 11.4. The van der Waals surface area contributed by atoms with E-state index in [0.29, 0.717) is 19.3 Å². The highest BCUT2D eigenvalue weighted by molar-refractivity contribution is 9.10. The van der Waals surface area contributed by atoms with Crippen molar-refractivity contribution in [3.05, 3.63) is 34.3 Å². The van der Waals surface area contributed by atoms with Crippen molar-refractivity contribution in [1.29, 1.82) is 0 Å². The summed E-state index contributed by atoms with van der Waals surface area (Å²) in [5.74, 6) is -1.24. The minimum absolute atomic E-state index is 0.0631. The molecule has 0 fully saturated rings. The van der Waals surface area contributed by atoms with Crippen molar-refractivity contribution in [3.63, 3.8) is 0 Å². The van der Waals surface area contributed by atoms with Gasteiger partial charge in [-0.2, -0.15) is 0 Å². The summed E-state index contributed by atoms with van der Waals surface area (Å²) in [6.07, 6.45) is 1.20. The lowest BCUT2D eigenvalue weighted by atomic mass is 9.95. The van der Waals surface area contributed by atoms with E-state index in [1.807, 2.05) is 24.3 Å². The quantitative estimate of drug-likeness (QED) is 0.771. The number of aliphatic carboxylic acids is 1. The Morgan fingerprint density at radius 1 is 1.30 bits per heavy atom. The average Bonchev–Trinajstić information content (AvgIpc) is 2.39. The Bertz CT molecular complexity index is 537. The van der Waals surface area contributed by atoms with Crippen molar-refractivity contribution in [2.24, 2.45) is 5.92 Å². The molecule has 0 heterocycles. The van der Waals surface area contributed by atoms with Gasteiger partial charge in [0.25, 0.3) is 0 Å². The predicted octanol–water partition coefficient (Wildman–Crippen LogP) is 2.91. The van der Waals surface area contributed by atoms with Crippen LogP contribution in [0.2, 0.25) is 0 Å². The third-order valence-corrected chi connectivity index (χ3v) is 5.51. The van der Waals surface area contributed by atoms with Crippen LogP contribution >= 0.6 is 15.9 Å². The lowest BCUT2D eigenvalue weighted by Crippen LogP contribution is -2.18. The van der Waals surface area contributed by atoms with Crippen LogP contribution in [0.5, 0.6) is 0 Å². The van der Waals surface area contributed by atoms with Gasteiger partial charge in [-0.1, -0.05) is 35.0 Å². The Morgan fingerprint density at radius 3 is 2.40 bits per heavy atom. The van der Waals surface area contributed by atoms with Gasteiger partial charge in [0.05, 0.1) is 11.7 Å². The second-order valence-electron chi connectivity index (χ2n) is 4.74. The van der Waals surface area contributed by atoms with Gasteiger partial charge < -0.3 is 5.11 Å². The van der Waals surface area contributed by atoms with E-state index in [1.165, 1.54) is 0 Å². The molecule has 0 saturated heterocycles. The lowest BCUT2D eigenvalue weighted by molar-refractivity contribution is -0.141. The van der Waals surface area contributed by atoms with Crippen molar-refractivity contribution < 1.29 is 18.3 Å². The first-order chi connectivity index (χ1) is 9.34. The Morgan fingerprint density at radius 2 is 1.90 bits per heavy atom. The summed E-state index contributed by atoms with van der Waals surface area (Å²) in [5, 5.41) is 9.22. The molecule has 20 heavy (non-hydrogen) atoms. The van der Waals surface area contributed by atoms with Crippen LogP contribution in [0.1, 0.15) is 25.3 Å². The van der Waals surface area contributed by atoms with Gasteiger partial charge in [0.15, 0.2) is 0 Å². The van der Waals surface area contributed by atoms with Gasteiger partial charge in [-0.3, -0.25) is 4.79 Å². The number of rotatable bonds is 8. The monoisotopic (exact) mass is 362 g/mol. The van der Waals surface area contributed by atoms with E-state index in [0.717, 1.165) is 10.0 Å². The summed E-state index contributed by atoms with van der Waals surface area (Å²) >= 11 is 3.33. The Kier molecular flexibility index (Phi) is 6.68. The van der Waals surface area contributed by atoms with Crippen molar-refractivity contribution in [2.75, 3.05) is 11.5 Å². The van der Waals surface area contributed by atoms with Gasteiger partial charge in [-0.15, -0.1) is 0 Å². The van der Waals surface area contributed by atoms with Gasteiger partial charge in [-0.05, 0) is 37.0 Å². The van der Waals surface area contributed by atoms with Crippen LogP contribution in [-0.4, -0.2) is 31.0 Å². The first kappa shape index (κ1) is 17.2. The number of carboxylic acid groups (broad SMARTS) is 1. The van der Waals surface area contributed by atoms with E-state index in [1.54, 1.807) is 6.92 Å². The second kappa shape index (κ2) is 7.78. The summed E-state index contributed by atoms with van der Waals surface area (Å²) in [4.78, 5) is 11.2. The number of carboxylic acids is 1. The normalized spacial score (nSPS) is 13.1. The van der Waals surface area contributed by atoms with Gasteiger partial charge >= 0.3 is 5.97 Å². The molecule has 1 atom stereocenters. The maximum Gasteiger partial charge on any atom is 0.306 e. The molecule has 0 aliphatic heterocycles. The van der Waals surface area contributed by atoms with E-state index >= 15 is 0 Å². The topological polar surface area (TPSA) is 71.4 Å². The van der Waals surface area contributed by atoms with Crippen LogP contribution in [0.15, 0.2) is 28.7 Å². The fraction of sp³-hybridized carbons (Fsp3) is 0.500. The first-order valence-electron chi connectivity index (χ1n) is 6.51. The van der Waals surface area contributed by atoms with Crippen LogP contribution in [0.4, 0.5) is 0 Å². The van der Waals surface area contributed by atoms with Crippen molar-refractivity contribution in [3.8, 4) is 0 Å². The van der Waals surface area contributed by atoms with E-state index in [9.17, 15) is 18.3 Å². The zero-order chi connectivity index (χ0) is 15.2. The molecule has 112 valence electrons. The lowest BCUT2D eigenvalue weighted by Gasteiger charge is -2.12. The van der Waals surface area contributed by atoms with Crippen LogP contribution in [0.3, 0.4) is 0 Å². The van der Waals surface area contributed by atoms with Gasteiger partial charge in [0.1, 0.15) is 9.84 Å². The molecule has 6 heteroatoms. The van der Waals surface area contributed by atoms with Gasteiger partial charge in [0.2, 0.25) is 0 Å². The molecule has 0 aromatic heterocycles. The number of halogens is 1. The molecule has 0 aliphatic carbocycles. The third-order valence-electron chi connectivity index (χ3n) is 3.19. The Balaban J connectivity index is 2.57. The average molecular weight is 363 g/mol. The summed E-state index contributed by atoms with van der Waals surface area (Å²) in [6.45, 7) is 1.60. The fourth-order valence-electron chi connectivity index (χ4n) is 1.91. The largest absolute Gasteiger partial charge is 0.481 e. The summed E-state index contributed by atoms with van der Waals surface area (Å²) in [7, 11) is -3.02. The maximum absolute atomic E-state index is 11.4. The summed E-state index contributed by atoms with van der Waals surface area (Å²) < 4.78 is 23.7. The van der Waals surface area contributed by atoms with Gasteiger partial charge in [-0.25, -0.2) is 8.42 Å².